The van der Waals surface area contributed by atoms with E-state index in [-0.39, 0.29) is 5.60 Å². The van der Waals surface area contributed by atoms with Crippen molar-refractivity contribution >= 4 is 0 Å². The Hall–Kier alpha value is -0.980. The van der Waals surface area contributed by atoms with Crippen LogP contribution in [-0.4, -0.2) is 30.5 Å². The van der Waals surface area contributed by atoms with E-state index >= 15 is 0 Å². The summed E-state index contributed by atoms with van der Waals surface area (Å²) in [6.45, 7) is 1.28. The Kier molecular flexibility index (Phi) is 2.88. The molecule has 1 aliphatic carbocycles. The maximum Gasteiger partial charge on any atom is 0.247 e. The van der Waals surface area contributed by atoms with Gasteiger partial charge in [0.15, 0.2) is 0 Å². The first kappa shape index (κ1) is 12.1. The third kappa shape index (κ3) is 1.75. The second-order valence-corrected chi connectivity index (χ2v) is 5.24. The van der Waals surface area contributed by atoms with Gasteiger partial charge in [-0.2, -0.15) is 4.98 Å². The van der Waals surface area contributed by atoms with Crippen molar-refractivity contribution in [3.63, 3.8) is 0 Å². The van der Waals surface area contributed by atoms with Gasteiger partial charge in [0, 0.05) is 20.3 Å². The Balaban J connectivity index is 1.84. The molecule has 3 rings (SSSR count). The molecule has 1 aromatic heterocycles. The summed E-state index contributed by atoms with van der Waals surface area (Å²) in [6.07, 6.45) is 4.47. The minimum absolute atomic E-state index is 0.344. The first-order valence-corrected chi connectivity index (χ1v) is 6.45. The van der Waals surface area contributed by atoms with E-state index in [9.17, 15) is 0 Å². The van der Waals surface area contributed by atoms with Gasteiger partial charge < -0.3 is 19.7 Å². The number of nitrogens with zero attached hydrogens (tertiary/aromatic N) is 2. The van der Waals surface area contributed by atoms with Gasteiger partial charge in [-0.3, -0.25) is 0 Å². The Morgan fingerprint density at radius 2 is 1.94 bits per heavy atom. The number of aromatic nitrogens is 2. The molecular weight excluding hydrogens is 234 g/mol. The van der Waals surface area contributed by atoms with Gasteiger partial charge in [-0.05, 0) is 32.1 Å². The van der Waals surface area contributed by atoms with Crippen LogP contribution in [0, 0.1) is 0 Å². The number of nitrogens with two attached hydrogens (primary N) is 1. The number of hydrogen-bond donors (Lipinski definition) is 1. The second kappa shape index (κ2) is 4.29. The molecule has 1 saturated carbocycles. The van der Waals surface area contributed by atoms with Gasteiger partial charge in [0.25, 0.3) is 0 Å². The van der Waals surface area contributed by atoms with E-state index in [4.69, 9.17) is 19.7 Å². The zero-order valence-electron chi connectivity index (χ0n) is 10.6. The second-order valence-electron chi connectivity index (χ2n) is 5.24. The Bertz CT molecular complexity index is 416. The van der Waals surface area contributed by atoms with Crippen molar-refractivity contribution < 1.29 is 14.0 Å². The molecule has 0 unspecified atom stereocenters. The summed E-state index contributed by atoms with van der Waals surface area (Å²) in [7, 11) is 1.70. The van der Waals surface area contributed by atoms with Crippen LogP contribution in [0.4, 0.5) is 0 Å². The van der Waals surface area contributed by atoms with Gasteiger partial charge in [-0.1, -0.05) is 5.16 Å². The summed E-state index contributed by atoms with van der Waals surface area (Å²) in [5.41, 5.74) is 5.44. The van der Waals surface area contributed by atoms with Crippen molar-refractivity contribution in [2.24, 2.45) is 5.73 Å². The maximum atomic E-state index is 6.32. The van der Waals surface area contributed by atoms with Crippen LogP contribution < -0.4 is 5.73 Å². The molecule has 2 fully saturated rings. The van der Waals surface area contributed by atoms with E-state index in [2.05, 4.69) is 10.1 Å². The normalized spacial score (nSPS) is 25.7. The van der Waals surface area contributed by atoms with Gasteiger partial charge in [0.05, 0.1) is 0 Å². The van der Waals surface area contributed by atoms with Crippen LogP contribution in [-0.2, 0) is 20.6 Å². The lowest BCUT2D eigenvalue weighted by Crippen LogP contribution is -2.43. The monoisotopic (exact) mass is 253 g/mol. The van der Waals surface area contributed by atoms with E-state index in [1.54, 1.807) is 7.11 Å². The average molecular weight is 253 g/mol. The van der Waals surface area contributed by atoms with Gasteiger partial charge in [0.2, 0.25) is 11.7 Å². The summed E-state index contributed by atoms with van der Waals surface area (Å²) >= 11 is 0. The average Bonchev–Trinajstić information content (AvgIpc) is 2.80. The largest absolute Gasteiger partial charge is 0.381 e. The van der Waals surface area contributed by atoms with Crippen LogP contribution in [0.25, 0.3) is 0 Å². The third-order valence-electron chi connectivity index (χ3n) is 4.20. The van der Waals surface area contributed by atoms with Crippen LogP contribution in [0.15, 0.2) is 4.52 Å². The predicted octanol–water partition coefficient (Wildman–Crippen LogP) is 1.06. The molecule has 6 heteroatoms. The summed E-state index contributed by atoms with van der Waals surface area (Å²) in [5, 5.41) is 4.07. The highest BCUT2D eigenvalue weighted by molar-refractivity contribution is 5.10. The van der Waals surface area contributed by atoms with Crippen LogP contribution >= 0.6 is 0 Å². The van der Waals surface area contributed by atoms with Crippen molar-refractivity contribution in [1.29, 1.82) is 0 Å². The highest BCUT2D eigenvalue weighted by atomic mass is 16.5. The molecule has 1 aliphatic heterocycles. The van der Waals surface area contributed by atoms with Crippen LogP contribution in [0.2, 0.25) is 0 Å². The fourth-order valence-electron chi connectivity index (χ4n) is 2.58. The molecule has 1 aromatic rings. The van der Waals surface area contributed by atoms with Crippen molar-refractivity contribution in [1.82, 2.24) is 10.1 Å². The molecule has 1 saturated heterocycles. The number of ether oxygens (including phenoxy) is 2. The fourth-order valence-corrected chi connectivity index (χ4v) is 2.58. The van der Waals surface area contributed by atoms with E-state index in [1.807, 2.05) is 0 Å². The minimum Gasteiger partial charge on any atom is -0.381 e. The molecule has 2 aliphatic rings. The molecule has 6 nitrogen and oxygen atoms in total. The molecule has 100 valence electrons. The van der Waals surface area contributed by atoms with Crippen LogP contribution in [0.5, 0.6) is 0 Å². The van der Waals surface area contributed by atoms with Gasteiger partial charge in [-0.15, -0.1) is 0 Å². The van der Waals surface area contributed by atoms with E-state index in [0.717, 1.165) is 19.3 Å². The fraction of sp³-hybridized carbons (Fsp3) is 0.833. The standard InChI is InChI=1S/C12H19N3O3/c1-16-12(3-2-4-12)9-14-10(18-15-9)11(13)5-7-17-8-6-11/h2-8,13H2,1H3. The molecule has 0 radical (unpaired) electrons. The number of rotatable bonds is 3. The lowest BCUT2D eigenvalue weighted by atomic mass is 9.79. The molecular formula is C12H19N3O3. The summed E-state index contributed by atoms with van der Waals surface area (Å²) in [5.74, 6) is 1.16. The maximum absolute atomic E-state index is 6.32. The number of methoxy groups -OCH3 is 1. The summed E-state index contributed by atoms with van der Waals surface area (Å²) < 4.78 is 16.2. The summed E-state index contributed by atoms with van der Waals surface area (Å²) in [4.78, 5) is 4.49. The zero-order chi connectivity index (χ0) is 12.6. The first-order valence-electron chi connectivity index (χ1n) is 6.45. The minimum atomic E-state index is -0.540. The Labute approximate surface area is 106 Å². The molecule has 2 N–H and O–H groups in total. The van der Waals surface area contributed by atoms with Crippen molar-refractivity contribution in [3.05, 3.63) is 11.7 Å². The van der Waals surface area contributed by atoms with E-state index in [0.29, 0.717) is 37.8 Å². The Morgan fingerprint density at radius 3 is 2.50 bits per heavy atom. The molecule has 0 atom stereocenters. The predicted molar refractivity (Wildman–Crippen MR) is 62.8 cm³/mol. The molecule has 0 bridgehead atoms. The van der Waals surface area contributed by atoms with Gasteiger partial charge >= 0.3 is 0 Å². The molecule has 2 heterocycles. The van der Waals surface area contributed by atoms with Crippen molar-refractivity contribution in [2.75, 3.05) is 20.3 Å². The lowest BCUT2D eigenvalue weighted by Gasteiger charge is -2.37. The molecule has 0 amide bonds. The van der Waals surface area contributed by atoms with Gasteiger partial charge in [0.1, 0.15) is 11.1 Å². The molecule has 0 spiro atoms. The topological polar surface area (TPSA) is 83.4 Å². The SMILES string of the molecule is COC1(c2noc(C3(N)CCOCC3)n2)CCC1. The van der Waals surface area contributed by atoms with Crippen molar-refractivity contribution in [3.8, 4) is 0 Å². The van der Waals surface area contributed by atoms with Crippen molar-refractivity contribution in [2.45, 2.75) is 43.2 Å². The third-order valence-corrected chi connectivity index (χ3v) is 4.20. The van der Waals surface area contributed by atoms with Crippen LogP contribution in [0.3, 0.4) is 0 Å². The Morgan fingerprint density at radius 1 is 1.22 bits per heavy atom. The molecule has 0 aromatic carbocycles. The smallest absolute Gasteiger partial charge is 0.247 e. The van der Waals surface area contributed by atoms with Gasteiger partial charge in [-0.25, -0.2) is 0 Å². The summed E-state index contributed by atoms with van der Waals surface area (Å²) in [6, 6.07) is 0. The highest BCUT2D eigenvalue weighted by Crippen LogP contribution is 2.43. The first-order chi connectivity index (χ1) is 8.69. The quantitative estimate of drug-likeness (QED) is 0.867. The highest BCUT2D eigenvalue weighted by Gasteiger charge is 2.45. The molecule has 18 heavy (non-hydrogen) atoms. The van der Waals surface area contributed by atoms with Crippen LogP contribution in [0.1, 0.15) is 43.8 Å². The lowest BCUT2D eigenvalue weighted by molar-refractivity contribution is -0.0858. The zero-order valence-corrected chi connectivity index (χ0v) is 10.6. The number of hydrogen-bond acceptors (Lipinski definition) is 6. The van der Waals surface area contributed by atoms with E-state index in [1.165, 1.54) is 0 Å². The van der Waals surface area contributed by atoms with E-state index < -0.39 is 5.54 Å².